The molecule has 2 N–H and O–H groups in total. The normalized spacial score (nSPS) is 20.2. The summed E-state index contributed by atoms with van der Waals surface area (Å²) in [5, 5.41) is 6.47. The minimum atomic E-state index is -2.60. The highest BCUT2D eigenvalue weighted by atomic mass is 127. The van der Waals surface area contributed by atoms with Gasteiger partial charge in [-0.15, -0.1) is 24.0 Å². The van der Waals surface area contributed by atoms with Crippen LogP contribution in [0.4, 0.5) is 8.78 Å². The topological polar surface area (TPSA) is 57.5 Å². The minimum Gasteiger partial charge on any atom is -0.352 e. The molecule has 1 aromatic heterocycles. The molecule has 0 amide bonds. The van der Waals surface area contributed by atoms with Gasteiger partial charge in [0.25, 0.3) is 0 Å². The van der Waals surface area contributed by atoms with Gasteiger partial charge >= 0.3 is 6.55 Å². The Morgan fingerprint density at radius 3 is 2.75 bits per heavy atom. The maximum atomic E-state index is 12.9. The second kappa shape index (κ2) is 10.7. The minimum absolute atomic E-state index is 0. The molecule has 1 aromatic carbocycles. The van der Waals surface area contributed by atoms with E-state index in [9.17, 15) is 8.78 Å². The lowest BCUT2D eigenvalue weighted by atomic mass is 10.2. The fourth-order valence-electron chi connectivity index (χ4n) is 3.45. The molecule has 1 saturated heterocycles. The molecule has 2 heterocycles. The number of nitrogens with zero attached hydrogens (tertiary/aromatic N) is 4. The highest BCUT2D eigenvalue weighted by molar-refractivity contribution is 14.0. The standard InChI is InChI=1S/C19H26F2N6.HI/c1-14-10-16(13-26(14)12-15-6-4-3-5-7-15)25-19(22-2)24-11-17-23-8-9-27(17)18(20)21;/h3-9,14,16,18H,10-13H2,1-2H3,(H2,22,24,25);1H. The van der Waals surface area contributed by atoms with Crippen LogP contribution in [0.3, 0.4) is 0 Å². The van der Waals surface area contributed by atoms with Crippen molar-refractivity contribution in [3.05, 3.63) is 54.1 Å². The number of aromatic nitrogens is 2. The van der Waals surface area contributed by atoms with Gasteiger partial charge in [-0.2, -0.15) is 8.78 Å². The van der Waals surface area contributed by atoms with Crippen molar-refractivity contribution in [2.45, 2.75) is 45.1 Å². The van der Waals surface area contributed by atoms with E-state index in [1.54, 1.807) is 7.05 Å². The number of nitrogens with one attached hydrogen (secondary N) is 2. The maximum Gasteiger partial charge on any atom is 0.319 e. The van der Waals surface area contributed by atoms with Crippen molar-refractivity contribution in [2.75, 3.05) is 13.6 Å². The van der Waals surface area contributed by atoms with E-state index in [0.29, 0.717) is 12.0 Å². The molecule has 3 rings (SSSR count). The highest BCUT2D eigenvalue weighted by Gasteiger charge is 2.29. The van der Waals surface area contributed by atoms with Crippen LogP contribution >= 0.6 is 24.0 Å². The molecule has 9 heteroatoms. The molecule has 6 nitrogen and oxygen atoms in total. The number of alkyl halides is 2. The van der Waals surface area contributed by atoms with E-state index in [1.807, 2.05) is 6.07 Å². The number of likely N-dealkylation sites (tertiary alicyclic amines) is 1. The largest absolute Gasteiger partial charge is 0.352 e. The molecule has 0 spiro atoms. The van der Waals surface area contributed by atoms with Gasteiger partial charge in [0.2, 0.25) is 0 Å². The molecule has 2 aromatic rings. The number of rotatable bonds is 6. The van der Waals surface area contributed by atoms with Crippen LogP contribution in [0, 0.1) is 0 Å². The average Bonchev–Trinajstić information content (AvgIpc) is 3.26. The summed E-state index contributed by atoms with van der Waals surface area (Å²) in [5.41, 5.74) is 1.30. The molecule has 2 unspecified atom stereocenters. The number of aliphatic imine (C=N–C) groups is 1. The lowest BCUT2D eigenvalue weighted by Gasteiger charge is -2.21. The summed E-state index contributed by atoms with van der Waals surface area (Å²) in [4.78, 5) is 10.6. The van der Waals surface area contributed by atoms with Crippen LogP contribution in [0.1, 0.15) is 31.3 Å². The summed E-state index contributed by atoms with van der Waals surface area (Å²) < 4.78 is 26.7. The molecule has 2 atom stereocenters. The zero-order valence-electron chi connectivity index (χ0n) is 16.1. The first-order valence-electron chi connectivity index (χ1n) is 9.12. The molecular formula is C19H27F2IN6. The van der Waals surface area contributed by atoms with Crippen LogP contribution in [0.5, 0.6) is 0 Å². The van der Waals surface area contributed by atoms with Gasteiger partial charge in [-0.05, 0) is 18.9 Å². The predicted octanol–water partition coefficient (Wildman–Crippen LogP) is 3.22. The molecule has 1 aliphatic rings. The van der Waals surface area contributed by atoms with E-state index in [1.165, 1.54) is 18.0 Å². The van der Waals surface area contributed by atoms with Gasteiger partial charge < -0.3 is 10.6 Å². The molecule has 0 bridgehead atoms. The first kappa shape index (κ1) is 22.5. The quantitative estimate of drug-likeness (QED) is 0.361. The first-order chi connectivity index (χ1) is 13.1. The Hall–Kier alpha value is -1.75. The molecule has 28 heavy (non-hydrogen) atoms. The Bertz CT molecular complexity index is 752. The molecule has 0 aliphatic carbocycles. The van der Waals surface area contributed by atoms with E-state index >= 15 is 0 Å². The zero-order chi connectivity index (χ0) is 19.2. The SMILES string of the molecule is CN=C(NCc1nccn1C(F)F)NC1CC(C)N(Cc2ccccc2)C1.I. The third kappa shape index (κ3) is 5.87. The number of imidazole rings is 1. The summed E-state index contributed by atoms with van der Waals surface area (Å²) in [7, 11) is 1.68. The number of benzene rings is 1. The van der Waals surface area contributed by atoms with Crippen molar-refractivity contribution in [3.8, 4) is 0 Å². The van der Waals surface area contributed by atoms with Crippen molar-refractivity contribution in [2.24, 2.45) is 4.99 Å². The predicted molar refractivity (Wildman–Crippen MR) is 117 cm³/mol. The van der Waals surface area contributed by atoms with Gasteiger partial charge in [0.1, 0.15) is 5.82 Å². The monoisotopic (exact) mass is 504 g/mol. The van der Waals surface area contributed by atoms with E-state index in [2.05, 4.69) is 56.7 Å². The van der Waals surface area contributed by atoms with Gasteiger partial charge in [-0.1, -0.05) is 30.3 Å². The Morgan fingerprint density at radius 1 is 1.32 bits per heavy atom. The van der Waals surface area contributed by atoms with Crippen molar-refractivity contribution in [3.63, 3.8) is 0 Å². The fraction of sp³-hybridized carbons (Fsp3) is 0.474. The fourth-order valence-corrected chi connectivity index (χ4v) is 3.45. The number of hydrogen-bond acceptors (Lipinski definition) is 3. The zero-order valence-corrected chi connectivity index (χ0v) is 18.4. The van der Waals surface area contributed by atoms with E-state index < -0.39 is 6.55 Å². The van der Waals surface area contributed by atoms with Crippen molar-refractivity contribution in [1.29, 1.82) is 0 Å². The number of halogens is 3. The summed E-state index contributed by atoms with van der Waals surface area (Å²) in [6, 6.07) is 11.1. The van der Waals surface area contributed by atoms with E-state index in [-0.39, 0.29) is 42.4 Å². The van der Waals surface area contributed by atoms with Crippen LogP contribution < -0.4 is 10.6 Å². The Morgan fingerprint density at radius 2 is 2.07 bits per heavy atom. The van der Waals surface area contributed by atoms with E-state index in [0.717, 1.165) is 24.1 Å². The lowest BCUT2D eigenvalue weighted by molar-refractivity contribution is 0.0668. The van der Waals surface area contributed by atoms with Crippen LogP contribution in [-0.2, 0) is 13.1 Å². The molecule has 154 valence electrons. The molecule has 1 fully saturated rings. The van der Waals surface area contributed by atoms with Gasteiger partial charge in [0.15, 0.2) is 5.96 Å². The second-order valence-electron chi connectivity index (χ2n) is 6.80. The Kier molecular flexibility index (Phi) is 8.61. The van der Waals surface area contributed by atoms with Crippen LogP contribution in [0.25, 0.3) is 0 Å². The lowest BCUT2D eigenvalue weighted by Crippen LogP contribution is -2.44. The van der Waals surface area contributed by atoms with Crippen molar-refractivity contribution in [1.82, 2.24) is 25.1 Å². The highest BCUT2D eigenvalue weighted by Crippen LogP contribution is 2.20. The second-order valence-corrected chi connectivity index (χ2v) is 6.80. The van der Waals surface area contributed by atoms with Gasteiger partial charge in [0, 0.05) is 44.6 Å². The summed E-state index contributed by atoms with van der Waals surface area (Å²) in [6.45, 7) is 1.63. The molecular weight excluding hydrogens is 477 g/mol. The van der Waals surface area contributed by atoms with Crippen LogP contribution in [-0.4, -0.2) is 46.1 Å². The average molecular weight is 504 g/mol. The first-order valence-corrected chi connectivity index (χ1v) is 9.12. The summed E-state index contributed by atoms with van der Waals surface area (Å²) in [6.07, 6.45) is 3.65. The molecule has 0 saturated carbocycles. The van der Waals surface area contributed by atoms with Crippen LogP contribution in [0.2, 0.25) is 0 Å². The Labute approximate surface area is 181 Å². The number of hydrogen-bond donors (Lipinski definition) is 2. The van der Waals surface area contributed by atoms with E-state index in [4.69, 9.17) is 0 Å². The van der Waals surface area contributed by atoms with Crippen molar-refractivity contribution >= 4 is 29.9 Å². The summed E-state index contributed by atoms with van der Waals surface area (Å²) >= 11 is 0. The van der Waals surface area contributed by atoms with Gasteiger partial charge in [-0.3, -0.25) is 14.5 Å². The van der Waals surface area contributed by atoms with Gasteiger partial charge in [-0.25, -0.2) is 4.98 Å². The van der Waals surface area contributed by atoms with Crippen LogP contribution in [0.15, 0.2) is 47.7 Å². The summed E-state index contributed by atoms with van der Waals surface area (Å²) in [5.74, 6) is 0.871. The molecule has 0 radical (unpaired) electrons. The Balaban J connectivity index is 0.00000280. The smallest absolute Gasteiger partial charge is 0.319 e. The third-order valence-corrected chi connectivity index (χ3v) is 4.87. The molecule has 1 aliphatic heterocycles. The van der Waals surface area contributed by atoms with Gasteiger partial charge in [0.05, 0.1) is 6.54 Å². The third-order valence-electron chi connectivity index (χ3n) is 4.87. The maximum absolute atomic E-state index is 12.9. The number of guanidine groups is 1. The van der Waals surface area contributed by atoms with Crippen molar-refractivity contribution < 1.29 is 8.78 Å².